The Morgan fingerprint density at radius 1 is 1.40 bits per heavy atom. The largest absolute Gasteiger partial charge is 0.351 e. The predicted molar refractivity (Wildman–Crippen MR) is 77.9 cm³/mol. The van der Waals surface area contributed by atoms with Gasteiger partial charge in [0.15, 0.2) is 0 Å². The lowest BCUT2D eigenvalue weighted by Crippen LogP contribution is -2.35. The first kappa shape index (κ1) is 13.6. The first-order valence-corrected chi connectivity index (χ1v) is 7.87. The highest BCUT2D eigenvalue weighted by molar-refractivity contribution is 5.93. The number of H-pyrrole nitrogens is 1. The number of nitrogens with one attached hydrogen (secondary N) is 2. The number of imidazole rings is 1. The van der Waals surface area contributed by atoms with Gasteiger partial charge < -0.3 is 15.2 Å². The van der Waals surface area contributed by atoms with Crippen molar-refractivity contribution in [3.8, 4) is 0 Å². The van der Waals surface area contributed by atoms with Crippen LogP contribution in [0.2, 0.25) is 0 Å². The summed E-state index contributed by atoms with van der Waals surface area (Å²) in [4.78, 5) is 22.5. The maximum absolute atomic E-state index is 12.0. The molecule has 1 aromatic heterocycles. The fraction of sp³-hybridized carbons (Fsp3) is 0.733. The molecule has 2 aliphatic rings. The zero-order valence-electron chi connectivity index (χ0n) is 12.2. The standard InChI is InChI=1S/C15H24N4O/c1-2-8-19-9-4-5-11(10-19)14-17-12-6-3-7-16-15(20)13(12)18-14/h11H,2-10H2,1H3,(H,16,20)(H,17,18)/t11-/m1/s1. The number of hydrogen-bond donors (Lipinski definition) is 2. The Labute approximate surface area is 120 Å². The highest BCUT2D eigenvalue weighted by Gasteiger charge is 2.27. The van der Waals surface area contributed by atoms with Crippen molar-refractivity contribution in [3.05, 3.63) is 17.2 Å². The van der Waals surface area contributed by atoms with Gasteiger partial charge in [0, 0.05) is 24.7 Å². The van der Waals surface area contributed by atoms with Gasteiger partial charge in [-0.1, -0.05) is 6.92 Å². The molecule has 0 unspecified atom stereocenters. The first-order chi connectivity index (χ1) is 9.78. The zero-order chi connectivity index (χ0) is 13.9. The maximum atomic E-state index is 12.0. The van der Waals surface area contributed by atoms with Crippen LogP contribution in [0.4, 0.5) is 0 Å². The van der Waals surface area contributed by atoms with Crippen LogP contribution < -0.4 is 5.32 Å². The summed E-state index contributed by atoms with van der Waals surface area (Å²) in [6.45, 7) is 6.42. The van der Waals surface area contributed by atoms with E-state index in [-0.39, 0.29) is 5.91 Å². The van der Waals surface area contributed by atoms with E-state index >= 15 is 0 Å². The summed E-state index contributed by atoms with van der Waals surface area (Å²) in [5, 5.41) is 2.91. The van der Waals surface area contributed by atoms with Gasteiger partial charge in [-0.25, -0.2) is 4.98 Å². The van der Waals surface area contributed by atoms with Crippen LogP contribution in [0.3, 0.4) is 0 Å². The number of carbonyl (C=O) groups is 1. The number of rotatable bonds is 3. The van der Waals surface area contributed by atoms with Crippen LogP contribution in [0.25, 0.3) is 0 Å². The Kier molecular flexibility index (Phi) is 4.05. The van der Waals surface area contributed by atoms with Gasteiger partial charge in [-0.3, -0.25) is 4.79 Å². The molecule has 0 saturated carbocycles. The quantitative estimate of drug-likeness (QED) is 0.883. The molecule has 2 N–H and O–H groups in total. The van der Waals surface area contributed by atoms with E-state index in [1.165, 1.54) is 25.8 Å². The molecule has 0 aromatic carbocycles. The molecular formula is C15H24N4O. The third kappa shape index (κ3) is 2.73. The maximum Gasteiger partial charge on any atom is 0.271 e. The van der Waals surface area contributed by atoms with Crippen molar-refractivity contribution in [1.82, 2.24) is 20.2 Å². The third-order valence-corrected chi connectivity index (χ3v) is 4.33. The topological polar surface area (TPSA) is 61.0 Å². The molecule has 3 rings (SSSR count). The van der Waals surface area contributed by atoms with Gasteiger partial charge in [-0.05, 0) is 45.2 Å². The molecular weight excluding hydrogens is 252 g/mol. The molecule has 1 amide bonds. The van der Waals surface area contributed by atoms with Crippen molar-refractivity contribution in [2.45, 2.75) is 44.9 Å². The first-order valence-electron chi connectivity index (χ1n) is 7.87. The molecule has 110 valence electrons. The lowest BCUT2D eigenvalue weighted by Gasteiger charge is -2.31. The second-order valence-corrected chi connectivity index (χ2v) is 5.95. The van der Waals surface area contributed by atoms with Crippen LogP contribution in [-0.2, 0) is 6.42 Å². The lowest BCUT2D eigenvalue weighted by molar-refractivity contribution is 0.0951. The van der Waals surface area contributed by atoms with Crippen molar-refractivity contribution < 1.29 is 4.79 Å². The number of aromatic nitrogens is 2. The summed E-state index contributed by atoms with van der Waals surface area (Å²) in [6.07, 6.45) is 5.51. The molecule has 1 saturated heterocycles. The van der Waals surface area contributed by atoms with Crippen LogP contribution in [0.1, 0.15) is 60.5 Å². The molecule has 2 aliphatic heterocycles. The fourth-order valence-electron chi connectivity index (χ4n) is 3.34. The minimum Gasteiger partial charge on any atom is -0.351 e. The summed E-state index contributed by atoms with van der Waals surface area (Å²) in [6, 6.07) is 0. The summed E-state index contributed by atoms with van der Waals surface area (Å²) in [7, 11) is 0. The van der Waals surface area contributed by atoms with Crippen molar-refractivity contribution >= 4 is 5.91 Å². The van der Waals surface area contributed by atoms with Crippen LogP contribution >= 0.6 is 0 Å². The van der Waals surface area contributed by atoms with Crippen LogP contribution in [-0.4, -0.2) is 47.0 Å². The van der Waals surface area contributed by atoms with Crippen molar-refractivity contribution in [2.24, 2.45) is 0 Å². The molecule has 1 fully saturated rings. The molecule has 3 heterocycles. The Morgan fingerprint density at radius 2 is 2.30 bits per heavy atom. The summed E-state index contributed by atoms with van der Waals surface area (Å²) in [5.41, 5.74) is 1.66. The van der Waals surface area contributed by atoms with Crippen molar-refractivity contribution in [3.63, 3.8) is 0 Å². The Morgan fingerprint density at radius 3 is 3.15 bits per heavy atom. The van der Waals surface area contributed by atoms with Crippen molar-refractivity contribution in [1.29, 1.82) is 0 Å². The number of aromatic amines is 1. The molecule has 1 aromatic rings. The molecule has 0 radical (unpaired) electrons. The highest BCUT2D eigenvalue weighted by Crippen LogP contribution is 2.26. The van der Waals surface area contributed by atoms with Crippen LogP contribution in [0.5, 0.6) is 0 Å². The van der Waals surface area contributed by atoms with E-state index in [4.69, 9.17) is 0 Å². The molecule has 0 spiro atoms. The van der Waals surface area contributed by atoms with E-state index in [0.717, 1.165) is 44.0 Å². The number of aryl methyl sites for hydroxylation is 1. The third-order valence-electron chi connectivity index (χ3n) is 4.33. The number of nitrogens with zero attached hydrogens (tertiary/aromatic N) is 2. The van der Waals surface area contributed by atoms with E-state index in [1.807, 2.05) is 0 Å². The van der Waals surface area contributed by atoms with Gasteiger partial charge in [0.2, 0.25) is 0 Å². The second kappa shape index (κ2) is 5.95. The molecule has 20 heavy (non-hydrogen) atoms. The van der Waals surface area contributed by atoms with Crippen molar-refractivity contribution in [2.75, 3.05) is 26.2 Å². The lowest BCUT2D eigenvalue weighted by atomic mass is 9.97. The Bertz CT molecular complexity index is 480. The SMILES string of the molecule is CCCN1CCC[C@@H](c2nc3c([nH]2)CCCNC3=O)C1. The van der Waals surface area contributed by atoms with Crippen LogP contribution in [0.15, 0.2) is 0 Å². The van der Waals surface area contributed by atoms with Gasteiger partial charge in [0.05, 0.1) is 0 Å². The van der Waals surface area contributed by atoms with Gasteiger partial charge >= 0.3 is 0 Å². The number of fused-ring (bicyclic) bond motifs is 1. The predicted octanol–water partition coefficient (Wildman–Crippen LogP) is 1.68. The molecule has 0 aliphatic carbocycles. The normalized spacial score (nSPS) is 24.1. The van der Waals surface area contributed by atoms with E-state index in [9.17, 15) is 4.79 Å². The van der Waals surface area contributed by atoms with E-state index in [0.29, 0.717) is 11.6 Å². The second-order valence-electron chi connectivity index (χ2n) is 5.95. The minimum absolute atomic E-state index is 0.0128. The number of carbonyl (C=O) groups excluding carboxylic acids is 1. The summed E-state index contributed by atoms with van der Waals surface area (Å²) >= 11 is 0. The summed E-state index contributed by atoms with van der Waals surface area (Å²) in [5.74, 6) is 1.46. The Hall–Kier alpha value is -1.36. The summed E-state index contributed by atoms with van der Waals surface area (Å²) < 4.78 is 0. The average molecular weight is 276 g/mol. The Balaban J connectivity index is 1.77. The number of piperidine rings is 1. The monoisotopic (exact) mass is 276 g/mol. The van der Waals surface area contributed by atoms with Crippen LogP contribution in [0, 0.1) is 0 Å². The number of hydrogen-bond acceptors (Lipinski definition) is 3. The molecule has 5 nitrogen and oxygen atoms in total. The van der Waals surface area contributed by atoms with Gasteiger partial charge in [0.1, 0.15) is 11.5 Å². The zero-order valence-corrected chi connectivity index (χ0v) is 12.2. The molecule has 0 bridgehead atoms. The van der Waals surface area contributed by atoms with Gasteiger partial charge in [0.25, 0.3) is 5.91 Å². The fourth-order valence-corrected chi connectivity index (χ4v) is 3.34. The average Bonchev–Trinajstić information content (AvgIpc) is 2.81. The van der Waals surface area contributed by atoms with E-state index < -0.39 is 0 Å². The van der Waals surface area contributed by atoms with Gasteiger partial charge in [-0.2, -0.15) is 0 Å². The highest BCUT2D eigenvalue weighted by atomic mass is 16.1. The molecule has 1 atom stereocenters. The minimum atomic E-state index is -0.0128. The molecule has 5 heteroatoms. The smallest absolute Gasteiger partial charge is 0.271 e. The van der Waals surface area contributed by atoms with E-state index in [1.54, 1.807) is 0 Å². The van der Waals surface area contributed by atoms with E-state index in [2.05, 4.69) is 27.1 Å². The van der Waals surface area contributed by atoms with Gasteiger partial charge in [-0.15, -0.1) is 0 Å². The number of likely N-dealkylation sites (tertiary alicyclic amines) is 1. The number of amides is 1.